The summed E-state index contributed by atoms with van der Waals surface area (Å²) in [5, 5.41) is 10.4. The predicted octanol–water partition coefficient (Wildman–Crippen LogP) is 3.52. The van der Waals surface area contributed by atoms with Gasteiger partial charge >= 0.3 is 0 Å². The molecule has 126 valence electrons. The van der Waals surface area contributed by atoms with E-state index in [9.17, 15) is 14.3 Å². The van der Waals surface area contributed by atoms with E-state index in [-0.39, 0.29) is 17.6 Å². The Hall–Kier alpha value is -2.27. The Morgan fingerprint density at radius 3 is 2.71 bits per heavy atom. The molecule has 4 nitrogen and oxygen atoms in total. The lowest BCUT2D eigenvalue weighted by Crippen LogP contribution is -2.31. The largest absolute Gasteiger partial charge is 0.388 e. The number of carbonyl (C=O) groups excluding carboxylic acids is 1. The second kappa shape index (κ2) is 7.09. The van der Waals surface area contributed by atoms with Gasteiger partial charge in [-0.15, -0.1) is 0 Å². The molecule has 0 saturated carbocycles. The number of benzene rings is 1. The normalized spacial score (nSPS) is 18.6. The van der Waals surface area contributed by atoms with Gasteiger partial charge in [-0.25, -0.2) is 9.37 Å². The summed E-state index contributed by atoms with van der Waals surface area (Å²) >= 11 is 0. The molecule has 1 saturated heterocycles. The molecule has 0 radical (unpaired) electrons. The van der Waals surface area contributed by atoms with Crippen molar-refractivity contribution in [2.75, 3.05) is 11.4 Å². The summed E-state index contributed by atoms with van der Waals surface area (Å²) in [7, 11) is 0. The first-order valence-corrected chi connectivity index (χ1v) is 8.22. The molecule has 1 aromatic heterocycles. The van der Waals surface area contributed by atoms with Crippen LogP contribution in [0.15, 0.2) is 42.6 Å². The number of pyridine rings is 1. The van der Waals surface area contributed by atoms with E-state index in [1.807, 2.05) is 6.07 Å². The van der Waals surface area contributed by atoms with Crippen LogP contribution in [-0.4, -0.2) is 28.5 Å². The predicted molar refractivity (Wildman–Crippen MR) is 90.6 cm³/mol. The number of rotatable bonds is 5. The Kier molecular flexibility index (Phi) is 4.90. The summed E-state index contributed by atoms with van der Waals surface area (Å²) in [5.41, 5.74) is 1.32. The van der Waals surface area contributed by atoms with E-state index in [1.165, 1.54) is 19.1 Å². The lowest BCUT2D eigenvalue weighted by molar-refractivity contribution is 0.101. The summed E-state index contributed by atoms with van der Waals surface area (Å²) in [4.78, 5) is 17.9. The molecule has 0 spiro atoms. The summed E-state index contributed by atoms with van der Waals surface area (Å²) in [6, 6.07) is 9.81. The molecule has 1 aliphatic heterocycles. The fourth-order valence-corrected chi connectivity index (χ4v) is 3.23. The van der Waals surface area contributed by atoms with Gasteiger partial charge in [0, 0.05) is 24.3 Å². The fourth-order valence-electron chi connectivity index (χ4n) is 3.23. The number of hydrogen-bond acceptors (Lipinski definition) is 4. The Balaban J connectivity index is 1.70. The summed E-state index contributed by atoms with van der Waals surface area (Å²) in [6.07, 6.45) is 3.56. The minimum absolute atomic E-state index is 0.00115. The number of ketones is 1. The number of anilines is 1. The van der Waals surface area contributed by atoms with Gasteiger partial charge in [0.1, 0.15) is 11.6 Å². The average Bonchev–Trinajstić information content (AvgIpc) is 3.03. The molecule has 0 unspecified atom stereocenters. The van der Waals surface area contributed by atoms with Crippen LogP contribution < -0.4 is 4.90 Å². The second-order valence-electron chi connectivity index (χ2n) is 6.25. The highest BCUT2D eigenvalue weighted by Gasteiger charge is 2.28. The standard InChI is InChI=1S/C19H21FN2O2/c1-13(23)15-6-9-19(21-12-15)22-10-2-3-17(22)11-18(24)14-4-7-16(20)8-5-14/h4-9,12,17-18,24H,2-3,10-11H2,1H3/t17-,18-/m1/s1. The Morgan fingerprint density at radius 2 is 2.08 bits per heavy atom. The third-order valence-corrected chi connectivity index (χ3v) is 4.58. The average molecular weight is 328 g/mol. The zero-order chi connectivity index (χ0) is 17.1. The number of Topliss-reactive ketones (excluding diaryl/α,β-unsaturated/α-hetero) is 1. The Morgan fingerprint density at radius 1 is 1.33 bits per heavy atom. The molecule has 1 aliphatic rings. The van der Waals surface area contributed by atoms with E-state index in [1.54, 1.807) is 24.4 Å². The quantitative estimate of drug-likeness (QED) is 0.853. The van der Waals surface area contributed by atoms with Gasteiger partial charge in [0.25, 0.3) is 0 Å². The van der Waals surface area contributed by atoms with Crippen LogP contribution in [-0.2, 0) is 0 Å². The smallest absolute Gasteiger partial charge is 0.161 e. The van der Waals surface area contributed by atoms with E-state index in [2.05, 4.69) is 9.88 Å². The first kappa shape index (κ1) is 16.6. The van der Waals surface area contributed by atoms with Gasteiger partial charge in [-0.2, -0.15) is 0 Å². The van der Waals surface area contributed by atoms with Gasteiger partial charge in [0.2, 0.25) is 0 Å². The van der Waals surface area contributed by atoms with Crippen molar-refractivity contribution >= 4 is 11.6 Å². The van der Waals surface area contributed by atoms with E-state index >= 15 is 0 Å². The highest BCUT2D eigenvalue weighted by Crippen LogP contribution is 2.30. The van der Waals surface area contributed by atoms with Crippen molar-refractivity contribution in [3.63, 3.8) is 0 Å². The summed E-state index contributed by atoms with van der Waals surface area (Å²) < 4.78 is 13.0. The zero-order valence-electron chi connectivity index (χ0n) is 13.7. The van der Waals surface area contributed by atoms with Gasteiger partial charge in [-0.1, -0.05) is 12.1 Å². The van der Waals surface area contributed by atoms with Crippen LogP contribution in [0.25, 0.3) is 0 Å². The number of carbonyl (C=O) groups is 1. The molecular formula is C19H21FN2O2. The van der Waals surface area contributed by atoms with Crippen LogP contribution in [0.1, 0.15) is 48.2 Å². The molecule has 0 aliphatic carbocycles. The number of hydrogen-bond donors (Lipinski definition) is 1. The third-order valence-electron chi connectivity index (χ3n) is 4.58. The Labute approximate surface area is 141 Å². The van der Waals surface area contributed by atoms with Crippen LogP contribution >= 0.6 is 0 Å². The summed E-state index contributed by atoms with van der Waals surface area (Å²) in [5.74, 6) is 0.524. The van der Waals surface area contributed by atoms with Gasteiger partial charge in [0.15, 0.2) is 5.78 Å². The molecule has 2 heterocycles. The minimum atomic E-state index is -0.632. The van der Waals surface area contributed by atoms with Crippen LogP contribution in [0.3, 0.4) is 0 Å². The Bertz CT molecular complexity index is 700. The van der Waals surface area contributed by atoms with Crippen molar-refractivity contribution in [3.8, 4) is 0 Å². The SMILES string of the molecule is CC(=O)c1ccc(N2CCC[C@@H]2C[C@@H](O)c2ccc(F)cc2)nc1. The molecule has 1 aromatic carbocycles. The number of halogens is 1. The summed E-state index contributed by atoms with van der Waals surface area (Å²) in [6.45, 7) is 2.40. The number of nitrogens with zero attached hydrogens (tertiary/aromatic N) is 2. The number of aliphatic hydroxyl groups excluding tert-OH is 1. The van der Waals surface area contributed by atoms with Crippen molar-refractivity contribution in [1.29, 1.82) is 0 Å². The monoisotopic (exact) mass is 328 g/mol. The van der Waals surface area contributed by atoms with Gasteiger partial charge in [0.05, 0.1) is 6.10 Å². The van der Waals surface area contributed by atoms with Crippen molar-refractivity contribution in [3.05, 3.63) is 59.5 Å². The van der Waals surface area contributed by atoms with Crippen LogP contribution in [0.4, 0.5) is 10.2 Å². The minimum Gasteiger partial charge on any atom is -0.388 e. The highest BCUT2D eigenvalue weighted by molar-refractivity contribution is 5.93. The molecule has 3 rings (SSSR count). The molecule has 24 heavy (non-hydrogen) atoms. The maximum absolute atomic E-state index is 13.0. The first-order chi connectivity index (χ1) is 11.5. The molecule has 0 bridgehead atoms. The van der Waals surface area contributed by atoms with Gasteiger partial charge in [-0.3, -0.25) is 4.79 Å². The van der Waals surface area contributed by atoms with E-state index in [4.69, 9.17) is 0 Å². The molecule has 5 heteroatoms. The first-order valence-electron chi connectivity index (χ1n) is 8.22. The maximum atomic E-state index is 13.0. The second-order valence-corrected chi connectivity index (χ2v) is 6.25. The lowest BCUT2D eigenvalue weighted by Gasteiger charge is -2.27. The molecule has 1 N–H and O–H groups in total. The topological polar surface area (TPSA) is 53.4 Å². The number of aromatic nitrogens is 1. The van der Waals surface area contributed by atoms with Crippen molar-refractivity contribution in [2.24, 2.45) is 0 Å². The lowest BCUT2D eigenvalue weighted by atomic mass is 10.0. The van der Waals surface area contributed by atoms with Crippen LogP contribution in [0, 0.1) is 5.82 Å². The third kappa shape index (κ3) is 3.62. The van der Waals surface area contributed by atoms with Crippen molar-refractivity contribution in [1.82, 2.24) is 4.98 Å². The zero-order valence-corrected chi connectivity index (χ0v) is 13.7. The molecular weight excluding hydrogens is 307 g/mol. The molecule has 2 atom stereocenters. The highest BCUT2D eigenvalue weighted by atomic mass is 19.1. The molecule has 2 aromatic rings. The van der Waals surface area contributed by atoms with Crippen LogP contribution in [0.2, 0.25) is 0 Å². The van der Waals surface area contributed by atoms with Crippen molar-refractivity contribution < 1.29 is 14.3 Å². The molecule has 0 amide bonds. The maximum Gasteiger partial charge on any atom is 0.161 e. The van der Waals surface area contributed by atoms with Gasteiger partial charge < -0.3 is 10.0 Å². The van der Waals surface area contributed by atoms with Crippen LogP contribution in [0.5, 0.6) is 0 Å². The van der Waals surface area contributed by atoms with E-state index in [0.717, 1.165) is 30.8 Å². The van der Waals surface area contributed by atoms with E-state index < -0.39 is 6.10 Å². The van der Waals surface area contributed by atoms with Crippen molar-refractivity contribution in [2.45, 2.75) is 38.3 Å². The number of aliphatic hydroxyl groups is 1. The fraction of sp³-hybridized carbons (Fsp3) is 0.368. The van der Waals surface area contributed by atoms with E-state index in [0.29, 0.717) is 12.0 Å². The molecule has 1 fully saturated rings. The van der Waals surface area contributed by atoms with Gasteiger partial charge in [-0.05, 0) is 56.0 Å².